The Kier molecular flexibility index (Phi) is 2.42. The van der Waals surface area contributed by atoms with E-state index in [2.05, 4.69) is 5.32 Å². The second-order valence-corrected chi connectivity index (χ2v) is 2.33. The molecule has 0 radical (unpaired) electrons. The summed E-state index contributed by atoms with van der Waals surface area (Å²) in [5.74, 6) is 0. The summed E-state index contributed by atoms with van der Waals surface area (Å²) in [5, 5.41) is 2.99. The molecule has 0 unspecified atom stereocenters. The van der Waals surface area contributed by atoms with E-state index in [1.807, 2.05) is 6.92 Å². The van der Waals surface area contributed by atoms with Crippen molar-refractivity contribution in [2.45, 2.75) is 19.1 Å². The van der Waals surface area contributed by atoms with Gasteiger partial charge in [-0.05, 0) is 6.92 Å². The topological polar surface area (TPSA) is 21.3 Å². The summed E-state index contributed by atoms with van der Waals surface area (Å²) in [5.41, 5.74) is 0. The summed E-state index contributed by atoms with van der Waals surface area (Å²) in [6, 6.07) is -0.0486. The largest absolute Gasteiger partial charge is 0.377 e. The SMILES string of the molecule is C[C@@H]1NCCOC[C@H]1F. The smallest absolute Gasteiger partial charge is 0.138 e. The van der Waals surface area contributed by atoms with Gasteiger partial charge in [0.05, 0.1) is 13.2 Å². The van der Waals surface area contributed by atoms with Gasteiger partial charge in [0, 0.05) is 12.6 Å². The Morgan fingerprint density at radius 2 is 2.44 bits per heavy atom. The highest BCUT2D eigenvalue weighted by Gasteiger charge is 2.17. The Morgan fingerprint density at radius 1 is 1.67 bits per heavy atom. The van der Waals surface area contributed by atoms with Crippen LogP contribution in [0.15, 0.2) is 0 Å². The lowest BCUT2D eigenvalue weighted by Crippen LogP contribution is -2.34. The van der Waals surface area contributed by atoms with Crippen molar-refractivity contribution in [1.29, 1.82) is 0 Å². The van der Waals surface area contributed by atoms with Gasteiger partial charge in [0.1, 0.15) is 6.17 Å². The molecule has 1 rings (SSSR count). The number of hydrogen-bond acceptors (Lipinski definition) is 2. The first-order valence-corrected chi connectivity index (χ1v) is 3.26. The molecule has 0 bridgehead atoms. The molecule has 1 fully saturated rings. The number of hydrogen-bond donors (Lipinski definition) is 1. The van der Waals surface area contributed by atoms with Crippen LogP contribution < -0.4 is 5.32 Å². The molecular formula is C6H12FNO. The Labute approximate surface area is 54.4 Å². The van der Waals surface area contributed by atoms with Crippen LogP contribution in [0.5, 0.6) is 0 Å². The minimum Gasteiger partial charge on any atom is -0.377 e. The third-order valence-corrected chi connectivity index (χ3v) is 1.53. The molecule has 1 heterocycles. The monoisotopic (exact) mass is 133 g/mol. The highest BCUT2D eigenvalue weighted by Crippen LogP contribution is 2.01. The predicted octanol–water partition coefficient (Wildman–Crippen LogP) is 0.333. The molecule has 0 aromatic rings. The standard InChI is InChI=1S/C6H12FNO/c1-5-6(7)4-9-3-2-8-5/h5-6,8H,2-4H2,1H3/t5-,6+/m0/s1. The minimum atomic E-state index is -0.840. The van der Waals surface area contributed by atoms with Gasteiger partial charge >= 0.3 is 0 Å². The number of ether oxygens (including phenoxy) is 1. The van der Waals surface area contributed by atoms with Gasteiger partial charge in [-0.1, -0.05) is 0 Å². The first-order valence-electron chi connectivity index (χ1n) is 3.26. The van der Waals surface area contributed by atoms with E-state index < -0.39 is 6.17 Å². The summed E-state index contributed by atoms with van der Waals surface area (Å²) >= 11 is 0. The number of rotatable bonds is 0. The van der Waals surface area contributed by atoms with Gasteiger partial charge < -0.3 is 10.1 Å². The third-order valence-electron chi connectivity index (χ3n) is 1.53. The molecule has 54 valence electrons. The third kappa shape index (κ3) is 1.91. The van der Waals surface area contributed by atoms with Gasteiger partial charge in [0.25, 0.3) is 0 Å². The van der Waals surface area contributed by atoms with Crippen LogP contribution >= 0.6 is 0 Å². The Balaban J connectivity index is 2.32. The fourth-order valence-corrected chi connectivity index (χ4v) is 0.827. The molecular weight excluding hydrogens is 121 g/mol. The normalized spacial score (nSPS) is 38.0. The minimum absolute atomic E-state index is 0.0486. The molecule has 1 aliphatic heterocycles. The van der Waals surface area contributed by atoms with E-state index in [9.17, 15) is 4.39 Å². The Bertz CT molecular complexity index is 79.1. The van der Waals surface area contributed by atoms with E-state index in [4.69, 9.17) is 4.74 Å². The predicted molar refractivity (Wildman–Crippen MR) is 33.2 cm³/mol. The molecule has 1 aliphatic rings. The number of nitrogens with one attached hydrogen (secondary N) is 1. The molecule has 1 saturated heterocycles. The zero-order valence-electron chi connectivity index (χ0n) is 5.56. The van der Waals surface area contributed by atoms with Crippen LogP contribution in [0.2, 0.25) is 0 Å². The van der Waals surface area contributed by atoms with Crippen LogP contribution in [0.3, 0.4) is 0 Å². The summed E-state index contributed by atoms with van der Waals surface area (Å²) in [7, 11) is 0. The molecule has 0 spiro atoms. The van der Waals surface area contributed by atoms with Crippen LogP contribution in [0.1, 0.15) is 6.92 Å². The lowest BCUT2D eigenvalue weighted by Gasteiger charge is -2.11. The highest BCUT2D eigenvalue weighted by atomic mass is 19.1. The van der Waals surface area contributed by atoms with Gasteiger partial charge in [-0.25, -0.2) is 4.39 Å². The fourth-order valence-electron chi connectivity index (χ4n) is 0.827. The van der Waals surface area contributed by atoms with E-state index in [-0.39, 0.29) is 12.6 Å². The summed E-state index contributed by atoms with van der Waals surface area (Å²) in [6.45, 7) is 3.47. The molecule has 0 saturated carbocycles. The average Bonchev–Trinajstić information content (AvgIpc) is 1.99. The zero-order chi connectivity index (χ0) is 6.69. The maximum Gasteiger partial charge on any atom is 0.138 e. The van der Waals surface area contributed by atoms with Crippen molar-refractivity contribution >= 4 is 0 Å². The number of halogens is 1. The van der Waals surface area contributed by atoms with Gasteiger partial charge in [0.15, 0.2) is 0 Å². The van der Waals surface area contributed by atoms with Crippen LogP contribution in [-0.2, 0) is 4.74 Å². The van der Waals surface area contributed by atoms with E-state index in [1.165, 1.54) is 0 Å². The summed E-state index contributed by atoms with van der Waals surface area (Å²) in [6.07, 6.45) is -0.840. The maximum atomic E-state index is 12.6. The van der Waals surface area contributed by atoms with Crippen molar-refractivity contribution in [1.82, 2.24) is 5.32 Å². The molecule has 1 N–H and O–H groups in total. The molecule has 0 aromatic heterocycles. The van der Waals surface area contributed by atoms with Crippen molar-refractivity contribution in [3.8, 4) is 0 Å². The van der Waals surface area contributed by atoms with E-state index in [1.54, 1.807) is 0 Å². The summed E-state index contributed by atoms with van der Waals surface area (Å²) < 4.78 is 17.6. The molecule has 2 nitrogen and oxygen atoms in total. The molecule has 0 aromatic carbocycles. The van der Waals surface area contributed by atoms with Crippen molar-refractivity contribution in [2.24, 2.45) is 0 Å². The fraction of sp³-hybridized carbons (Fsp3) is 1.00. The average molecular weight is 133 g/mol. The molecule has 2 atom stereocenters. The Hall–Kier alpha value is -0.150. The molecule has 9 heavy (non-hydrogen) atoms. The zero-order valence-corrected chi connectivity index (χ0v) is 5.56. The molecule has 3 heteroatoms. The van der Waals surface area contributed by atoms with Crippen molar-refractivity contribution in [2.75, 3.05) is 19.8 Å². The second-order valence-electron chi connectivity index (χ2n) is 2.33. The van der Waals surface area contributed by atoms with E-state index in [0.717, 1.165) is 6.54 Å². The van der Waals surface area contributed by atoms with Crippen molar-refractivity contribution in [3.63, 3.8) is 0 Å². The summed E-state index contributed by atoms with van der Waals surface area (Å²) in [4.78, 5) is 0. The first kappa shape index (κ1) is 6.96. The van der Waals surface area contributed by atoms with E-state index in [0.29, 0.717) is 6.61 Å². The molecule has 0 amide bonds. The lowest BCUT2D eigenvalue weighted by atomic mass is 10.2. The van der Waals surface area contributed by atoms with E-state index >= 15 is 0 Å². The second kappa shape index (κ2) is 3.13. The molecule has 0 aliphatic carbocycles. The van der Waals surface area contributed by atoms with Gasteiger partial charge in [-0.3, -0.25) is 0 Å². The highest BCUT2D eigenvalue weighted by molar-refractivity contribution is 4.72. The lowest BCUT2D eigenvalue weighted by molar-refractivity contribution is 0.0964. The van der Waals surface area contributed by atoms with Crippen LogP contribution in [0.25, 0.3) is 0 Å². The van der Waals surface area contributed by atoms with Crippen LogP contribution in [0, 0.1) is 0 Å². The van der Waals surface area contributed by atoms with Gasteiger partial charge in [-0.15, -0.1) is 0 Å². The Morgan fingerprint density at radius 3 is 3.22 bits per heavy atom. The van der Waals surface area contributed by atoms with Crippen molar-refractivity contribution < 1.29 is 9.13 Å². The maximum absolute atomic E-state index is 12.6. The van der Waals surface area contributed by atoms with Crippen LogP contribution in [-0.4, -0.2) is 32.0 Å². The quantitative estimate of drug-likeness (QED) is 0.514. The number of alkyl halides is 1. The van der Waals surface area contributed by atoms with Crippen molar-refractivity contribution in [3.05, 3.63) is 0 Å². The van der Waals surface area contributed by atoms with Gasteiger partial charge in [-0.2, -0.15) is 0 Å². The van der Waals surface area contributed by atoms with Crippen LogP contribution in [0.4, 0.5) is 4.39 Å². The van der Waals surface area contributed by atoms with Gasteiger partial charge in [0.2, 0.25) is 0 Å². The first-order chi connectivity index (χ1) is 4.30.